The second-order valence-corrected chi connectivity index (χ2v) is 4.11. The van der Waals surface area contributed by atoms with Crippen LogP contribution in [0.2, 0.25) is 0 Å². The predicted molar refractivity (Wildman–Crippen MR) is 64.7 cm³/mol. The fourth-order valence-electron chi connectivity index (χ4n) is 1.67. The van der Waals surface area contributed by atoms with E-state index in [2.05, 4.69) is 5.32 Å². The maximum Gasteiger partial charge on any atom is 0.185 e. The van der Waals surface area contributed by atoms with Gasteiger partial charge in [0.2, 0.25) is 0 Å². The molecule has 0 atom stereocenters. The van der Waals surface area contributed by atoms with Crippen molar-refractivity contribution in [2.75, 3.05) is 5.32 Å². The monoisotopic (exact) mass is 298 g/mol. The molecule has 21 heavy (non-hydrogen) atoms. The molecule has 0 aliphatic rings. The molecule has 0 saturated carbocycles. The lowest BCUT2D eigenvalue weighted by atomic mass is 10.1. The zero-order valence-corrected chi connectivity index (χ0v) is 10.4. The summed E-state index contributed by atoms with van der Waals surface area (Å²) in [6, 6.07) is 5.28. The van der Waals surface area contributed by atoms with Gasteiger partial charge in [-0.05, 0) is 12.1 Å². The molecular formula is C14H7F5N2. The fourth-order valence-corrected chi connectivity index (χ4v) is 1.67. The Labute approximate surface area is 116 Å². The van der Waals surface area contributed by atoms with Gasteiger partial charge >= 0.3 is 0 Å². The van der Waals surface area contributed by atoms with Crippen molar-refractivity contribution in [1.82, 2.24) is 0 Å². The van der Waals surface area contributed by atoms with Crippen LogP contribution in [0.3, 0.4) is 0 Å². The van der Waals surface area contributed by atoms with E-state index in [1.807, 2.05) is 0 Å². The van der Waals surface area contributed by atoms with Crippen molar-refractivity contribution in [1.29, 1.82) is 5.26 Å². The van der Waals surface area contributed by atoms with E-state index in [1.165, 1.54) is 12.1 Å². The Kier molecular flexibility index (Phi) is 4.08. The minimum atomic E-state index is -1.59. The van der Waals surface area contributed by atoms with Crippen molar-refractivity contribution in [3.63, 3.8) is 0 Å². The molecule has 0 bridgehead atoms. The summed E-state index contributed by atoms with van der Waals surface area (Å²) >= 11 is 0. The summed E-state index contributed by atoms with van der Waals surface area (Å²) < 4.78 is 66.3. The average molecular weight is 298 g/mol. The van der Waals surface area contributed by atoms with Crippen molar-refractivity contribution in [2.45, 2.75) is 6.54 Å². The molecule has 7 heteroatoms. The summed E-state index contributed by atoms with van der Waals surface area (Å²) in [4.78, 5) is 0. The van der Waals surface area contributed by atoms with Gasteiger partial charge in [-0.25, -0.2) is 22.0 Å². The van der Waals surface area contributed by atoms with E-state index in [4.69, 9.17) is 5.26 Å². The molecule has 108 valence electrons. The Balaban J connectivity index is 2.27. The Hall–Kier alpha value is -2.62. The maximum atomic E-state index is 13.6. The quantitative estimate of drug-likeness (QED) is 0.690. The Bertz CT molecular complexity index is 711. The summed E-state index contributed by atoms with van der Waals surface area (Å²) in [7, 11) is 0. The molecule has 1 N–H and O–H groups in total. The van der Waals surface area contributed by atoms with Gasteiger partial charge in [0.25, 0.3) is 0 Å². The van der Waals surface area contributed by atoms with Crippen LogP contribution in [0.15, 0.2) is 24.3 Å². The third kappa shape index (κ3) is 2.94. The highest BCUT2D eigenvalue weighted by Gasteiger charge is 2.19. The van der Waals surface area contributed by atoms with Crippen LogP contribution in [0.5, 0.6) is 0 Å². The zero-order valence-electron chi connectivity index (χ0n) is 10.4. The SMILES string of the molecule is N#Cc1ccc(CNc2c(F)c(F)cc(F)c2F)c(F)c1. The zero-order chi connectivity index (χ0) is 15.6. The van der Waals surface area contributed by atoms with Crippen LogP contribution in [0.4, 0.5) is 27.6 Å². The van der Waals surface area contributed by atoms with Crippen LogP contribution < -0.4 is 5.32 Å². The summed E-state index contributed by atoms with van der Waals surface area (Å²) in [5.41, 5.74) is -0.959. The molecule has 0 aromatic heterocycles. The standard InChI is InChI=1S/C14H7F5N2/c15-9-3-7(5-20)1-2-8(9)6-21-14-12(18)10(16)4-11(17)13(14)19/h1-4,21H,6H2. The van der Waals surface area contributed by atoms with Gasteiger partial charge in [0.05, 0.1) is 11.6 Å². The van der Waals surface area contributed by atoms with E-state index in [0.29, 0.717) is 0 Å². The van der Waals surface area contributed by atoms with Crippen molar-refractivity contribution in [3.8, 4) is 6.07 Å². The summed E-state index contributed by atoms with van der Waals surface area (Å²) in [6.07, 6.45) is 0. The van der Waals surface area contributed by atoms with Gasteiger partial charge < -0.3 is 5.32 Å². The van der Waals surface area contributed by atoms with Crippen LogP contribution >= 0.6 is 0 Å². The van der Waals surface area contributed by atoms with Crippen LogP contribution in [0.25, 0.3) is 0 Å². The second kappa shape index (κ2) is 5.79. The van der Waals surface area contributed by atoms with E-state index < -0.39 is 41.3 Å². The highest BCUT2D eigenvalue weighted by atomic mass is 19.2. The first-order valence-electron chi connectivity index (χ1n) is 5.69. The topological polar surface area (TPSA) is 35.8 Å². The number of rotatable bonds is 3. The van der Waals surface area contributed by atoms with Crippen molar-refractivity contribution in [3.05, 3.63) is 64.5 Å². The first-order chi connectivity index (χ1) is 9.93. The molecule has 0 aliphatic carbocycles. The van der Waals surface area contributed by atoms with E-state index in [9.17, 15) is 22.0 Å². The van der Waals surface area contributed by atoms with Gasteiger partial charge in [-0.3, -0.25) is 0 Å². The van der Waals surface area contributed by atoms with Crippen LogP contribution in [-0.2, 0) is 6.54 Å². The number of nitrogens with zero attached hydrogens (tertiary/aromatic N) is 1. The predicted octanol–water partition coefficient (Wildman–Crippen LogP) is 3.87. The number of nitrogens with one attached hydrogen (secondary N) is 1. The lowest BCUT2D eigenvalue weighted by molar-refractivity contribution is 0.458. The van der Waals surface area contributed by atoms with Gasteiger partial charge in [-0.15, -0.1) is 0 Å². The van der Waals surface area contributed by atoms with Gasteiger partial charge in [-0.2, -0.15) is 5.26 Å². The molecule has 0 saturated heterocycles. The van der Waals surface area contributed by atoms with E-state index in [0.717, 1.165) is 6.07 Å². The number of nitriles is 1. The number of benzene rings is 2. The summed E-state index contributed by atoms with van der Waals surface area (Å²) in [6.45, 7) is -0.408. The molecule has 0 heterocycles. The Morgan fingerprint density at radius 3 is 2.05 bits per heavy atom. The molecule has 0 radical (unpaired) electrons. The van der Waals surface area contributed by atoms with Crippen molar-refractivity contribution < 1.29 is 22.0 Å². The largest absolute Gasteiger partial charge is 0.376 e. The van der Waals surface area contributed by atoms with Crippen molar-refractivity contribution >= 4 is 5.69 Å². The maximum absolute atomic E-state index is 13.6. The van der Waals surface area contributed by atoms with Crippen LogP contribution in [0.1, 0.15) is 11.1 Å². The number of halogens is 5. The molecule has 0 aliphatic heterocycles. The number of hydrogen-bond donors (Lipinski definition) is 1. The first-order valence-corrected chi connectivity index (χ1v) is 5.69. The number of hydrogen-bond acceptors (Lipinski definition) is 2. The lowest BCUT2D eigenvalue weighted by Gasteiger charge is -2.10. The molecule has 2 aromatic rings. The number of anilines is 1. The molecule has 2 nitrogen and oxygen atoms in total. The third-order valence-electron chi connectivity index (χ3n) is 2.75. The second-order valence-electron chi connectivity index (χ2n) is 4.11. The van der Waals surface area contributed by atoms with E-state index >= 15 is 0 Å². The molecule has 0 spiro atoms. The smallest absolute Gasteiger partial charge is 0.185 e. The molecule has 0 amide bonds. The third-order valence-corrected chi connectivity index (χ3v) is 2.75. The Morgan fingerprint density at radius 2 is 1.52 bits per heavy atom. The van der Waals surface area contributed by atoms with E-state index in [1.54, 1.807) is 6.07 Å². The fraction of sp³-hybridized carbons (Fsp3) is 0.0714. The van der Waals surface area contributed by atoms with Crippen LogP contribution in [0, 0.1) is 40.4 Å². The summed E-state index contributed by atoms with van der Waals surface area (Å²) in [5.74, 6) is -7.08. The van der Waals surface area contributed by atoms with Gasteiger partial charge in [0.1, 0.15) is 11.5 Å². The lowest BCUT2D eigenvalue weighted by Crippen LogP contribution is -2.08. The molecular weight excluding hydrogens is 291 g/mol. The molecule has 0 unspecified atom stereocenters. The van der Waals surface area contributed by atoms with Gasteiger partial charge in [0, 0.05) is 18.2 Å². The average Bonchev–Trinajstić information content (AvgIpc) is 2.46. The normalized spacial score (nSPS) is 10.3. The molecule has 2 rings (SSSR count). The molecule has 2 aromatic carbocycles. The van der Waals surface area contributed by atoms with Gasteiger partial charge in [0.15, 0.2) is 23.3 Å². The van der Waals surface area contributed by atoms with E-state index in [-0.39, 0.29) is 17.2 Å². The highest BCUT2D eigenvalue weighted by molar-refractivity contribution is 5.48. The first kappa shape index (κ1) is 14.8. The highest BCUT2D eigenvalue weighted by Crippen LogP contribution is 2.25. The molecule has 0 fully saturated rings. The van der Waals surface area contributed by atoms with Gasteiger partial charge in [-0.1, -0.05) is 6.07 Å². The summed E-state index contributed by atoms with van der Waals surface area (Å²) in [5, 5.41) is 10.7. The Morgan fingerprint density at radius 1 is 0.905 bits per heavy atom. The van der Waals surface area contributed by atoms with Crippen LogP contribution in [-0.4, -0.2) is 0 Å². The van der Waals surface area contributed by atoms with Crippen molar-refractivity contribution in [2.24, 2.45) is 0 Å². The minimum absolute atomic E-state index is 0.0162. The minimum Gasteiger partial charge on any atom is -0.376 e.